The lowest BCUT2D eigenvalue weighted by molar-refractivity contribution is -0.140. The van der Waals surface area contributed by atoms with E-state index in [9.17, 15) is 13.2 Å². The minimum Gasteiger partial charge on any atom is -0.481 e. The average molecular weight is 353 g/mol. The maximum Gasteiger partial charge on any atom is 0.263 e. The van der Waals surface area contributed by atoms with E-state index in [2.05, 4.69) is 6.92 Å². The van der Waals surface area contributed by atoms with Crippen LogP contribution in [0.3, 0.4) is 0 Å². The monoisotopic (exact) mass is 353 g/mol. The highest BCUT2D eigenvalue weighted by Gasteiger charge is 2.36. The lowest BCUT2D eigenvalue weighted by Crippen LogP contribution is -2.47. The second kappa shape index (κ2) is 8.01. The van der Waals surface area contributed by atoms with Crippen LogP contribution in [0.2, 0.25) is 0 Å². The summed E-state index contributed by atoms with van der Waals surface area (Å²) in [5, 5.41) is 0. The van der Waals surface area contributed by atoms with Crippen LogP contribution >= 0.6 is 0 Å². The third-order valence-electron chi connectivity index (χ3n) is 4.37. The van der Waals surface area contributed by atoms with Crippen molar-refractivity contribution in [2.75, 3.05) is 18.1 Å². The zero-order valence-corrected chi connectivity index (χ0v) is 15.5. The number of carbonyl (C=O) groups excluding carboxylic acids is 1. The van der Waals surface area contributed by atoms with Gasteiger partial charge in [0.1, 0.15) is 5.75 Å². The maximum absolute atomic E-state index is 12.8. The largest absolute Gasteiger partial charge is 0.481 e. The van der Waals surface area contributed by atoms with Crippen molar-refractivity contribution in [3.63, 3.8) is 0 Å². The summed E-state index contributed by atoms with van der Waals surface area (Å²) < 4.78 is 29.3. The van der Waals surface area contributed by atoms with Crippen molar-refractivity contribution in [2.24, 2.45) is 0 Å². The van der Waals surface area contributed by atoms with Crippen LogP contribution in [0, 0.1) is 6.92 Å². The molecule has 1 aliphatic heterocycles. The molecule has 1 saturated heterocycles. The van der Waals surface area contributed by atoms with E-state index in [1.54, 1.807) is 11.8 Å². The third kappa shape index (κ3) is 4.97. The Kier molecular flexibility index (Phi) is 6.27. The van der Waals surface area contributed by atoms with E-state index in [1.165, 1.54) is 0 Å². The second-order valence-corrected chi connectivity index (χ2v) is 8.74. The van der Waals surface area contributed by atoms with Gasteiger partial charge < -0.3 is 9.64 Å². The van der Waals surface area contributed by atoms with Gasteiger partial charge in [-0.2, -0.15) is 0 Å². The van der Waals surface area contributed by atoms with Gasteiger partial charge >= 0.3 is 0 Å². The van der Waals surface area contributed by atoms with Crippen molar-refractivity contribution in [2.45, 2.75) is 52.2 Å². The molecule has 0 spiro atoms. The summed E-state index contributed by atoms with van der Waals surface area (Å²) in [6.07, 6.45) is 1.71. The Balaban J connectivity index is 2.07. The molecule has 2 atom stereocenters. The summed E-state index contributed by atoms with van der Waals surface area (Å²) in [6.45, 7) is 6.35. The molecule has 0 aliphatic carbocycles. The lowest BCUT2D eigenvalue weighted by Gasteiger charge is -2.30. The molecule has 0 saturated carbocycles. The number of hydrogen-bond acceptors (Lipinski definition) is 4. The highest BCUT2D eigenvalue weighted by molar-refractivity contribution is 7.91. The normalized spacial score (nSPS) is 20.5. The standard InChI is InChI=1S/C18H27NO4S/c1-4-5-11-19(16-10-12-24(21,22)13-16)18(20)15(3)23-17-8-6-14(2)7-9-17/h6-9,15-16H,4-5,10-13H2,1-3H3. The summed E-state index contributed by atoms with van der Waals surface area (Å²) >= 11 is 0. The molecule has 1 aromatic rings. The quantitative estimate of drug-likeness (QED) is 0.756. The third-order valence-corrected chi connectivity index (χ3v) is 6.12. The van der Waals surface area contributed by atoms with Crippen molar-refractivity contribution in [1.29, 1.82) is 0 Å². The molecule has 134 valence electrons. The topological polar surface area (TPSA) is 63.7 Å². The highest BCUT2D eigenvalue weighted by Crippen LogP contribution is 2.21. The van der Waals surface area contributed by atoms with Gasteiger partial charge in [0.2, 0.25) is 0 Å². The van der Waals surface area contributed by atoms with E-state index < -0.39 is 15.9 Å². The summed E-state index contributed by atoms with van der Waals surface area (Å²) in [6, 6.07) is 7.33. The fourth-order valence-corrected chi connectivity index (χ4v) is 4.66. The molecule has 2 unspecified atom stereocenters. The number of ether oxygens (including phenoxy) is 1. The van der Waals surface area contributed by atoms with Gasteiger partial charge in [-0.3, -0.25) is 4.79 Å². The van der Waals surface area contributed by atoms with Crippen LogP contribution < -0.4 is 4.74 Å². The molecule has 2 rings (SSSR count). The van der Waals surface area contributed by atoms with E-state index in [-0.39, 0.29) is 23.5 Å². The molecule has 1 aliphatic rings. The van der Waals surface area contributed by atoms with Crippen LogP contribution in [0.15, 0.2) is 24.3 Å². The van der Waals surface area contributed by atoms with Crippen molar-refractivity contribution in [3.05, 3.63) is 29.8 Å². The van der Waals surface area contributed by atoms with Gasteiger partial charge in [-0.25, -0.2) is 8.42 Å². The first kappa shape index (κ1) is 18.8. The Morgan fingerprint density at radius 3 is 2.54 bits per heavy atom. The number of sulfone groups is 1. The van der Waals surface area contributed by atoms with Gasteiger partial charge in [-0.15, -0.1) is 0 Å². The molecule has 0 aromatic heterocycles. The molecule has 1 amide bonds. The van der Waals surface area contributed by atoms with Crippen LogP contribution in [0.4, 0.5) is 0 Å². The lowest BCUT2D eigenvalue weighted by atomic mass is 10.1. The smallest absolute Gasteiger partial charge is 0.263 e. The predicted molar refractivity (Wildman–Crippen MR) is 94.9 cm³/mol. The minimum absolute atomic E-state index is 0.0692. The van der Waals surface area contributed by atoms with Crippen molar-refractivity contribution in [3.8, 4) is 5.75 Å². The predicted octanol–water partition coefficient (Wildman–Crippen LogP) is 2.58. The number of unbranched alkanes of at least 4 members (excludes halogenated alkanes) is 1. The van der Waals surface area contributed by atoms with E-state index in [0.717, 1.165) is 18.4 Å². The molecule has 0 N–H and O–H groups in total. The number of hydrogen-bond donors (Lipinski definition) is 0. The zero-order chi connectivity index (χ0) is 17.7. The second-order valence-electron chi connectivity index (χ2n) is 6.52. The fourth-order valence-electron chi connectivity index (χ4n) is 2.93. The Morgan fingerprint density at radius 1 is 1.33 bits per heavy atom. The van der Waals surface area contributed by atoms with Crippen LogP contribution in [-0.4, -0.2) is 49.4 Å². The van der Waals surface area contributed by atoms with Crippen molar-refractivity contribution < 1.29 is 17.9 Å². The molecule has 1 aromatic carbocycles. The van der Waals surface area contributed by atoms with E-state index in [4.69, 9.17) is 4.74 Å². The number of carbonyl (C=O) groups is 1. The van der Waals surface area contributed by atoms with Crippen LogP contribution in [-0.2, 0) is 14.6 Å². The molecular formula is C18H27NO4S. The number of aryl methyl sites for hydroxylation is 1. The average Bonchev–Trinajstić information content (AvgIpc) is 2.89. The Labute approximate surface area is 144 Å². The number of benzene rings is 1. The molecular weight excluding hydrogens is 326 g/mol. The van der Waals surface area contributed by atoms with Crippen molar-refractivity contribution >= 4 is 15.7 Å². The molecule has 1 fully saturated rings. The number of amides is 1. The molecule has 0 bridgehead atoms. The van der Waals surface area contributed by atoms with E-state index in [1.807, 2.05) is 31.2 Å². The van der Waals surface area contributed by atoms with Gasteiger partial charge in [0.25, 0.3) is 5.91 Å². The zero-order valence-electron chi connectivity index (χ0n) is 14.7. The van der Waals surface area contributed by atoms with Crippen LogP contribution in [0.25, 0.3) is 0 Å². The summed E-state index contributed by atoms with van der Waals surface area (Å²) in [4.78, 5) is 14.5. The van der Waals surface area contributed by atoms with Crippen LogP contribution in [0.5, 0.6) is 5.75 Å². The van der Waals surface area contributed by atoms with Gasteiger partial charge in [0.05, 0.1) is 11.5 Å². The molecule has 0 radical (unpaired) electrons. The Bertz CT molecular complexity index is 654. The van der Waals surface area contributed by atoms with Crippen molar-refractivity contribution in [1.82, 2.24) is 4.90 Å². The molecule has 5 nitrogen and oxygen atoms in total. The summed E-state index contributed by atoms with van der Waals surface area (Å²) in [5.41, 5.74) is 1.13. The van der Waals surface area contributed by atoms with Gasteiger partial charge in [-0.1, -0.05) is 31.0 Å². The maximum atomic E-state index is 12.8. The number of nitrogens with zero attached hydrogens (tertiary/aromatic N) is 1. The first-order valence-electron chi connectivity index (χ1n) is 8.56. The van der Waals surface area contributed by atoms with E-state index >= 15 is 0 Å². The molecule has 6 heteroatoms. The molecule has 1 heterocycles. The highest BCUT2D eigenvalue weighted by atomic mass is 32.2. The molecule has 24 heavy (non-hydrogen) atoms. The Morgan fingerprint density at radius 2 is 2.00 bits per heavy atom. The van der Waals surface area contributed by atoms with Gasteiger partial charge in [-0.05, 0) is 38.8 Å². The summed E-state index contributed by atoms with van der Waals surface area (Å²) in [7, 11) is -3.02. The summed E-state index contributed by atoms with van der Waals surface area (Å²) in [5.74, 6) is 0.752. The Hall–Kier alpha value is -1.56. The van der Waals surface area contributed by atoms with Crippen LogP contribution in [0.1, 0.15) is 38.7 Å². The first-order chi connectivity index (χ1) is 11.3. The first-order valence-corrected chi connectivity index (χ1v) is 10.4. The minimum atomic E-state index is -3.02. The van der Waals surface area contributed by atoms with E-state index in [0.29, 0.717) is 18.7 Å². The van der Waals surface area contributed by atoms with Gasteiger partial charge in [0, 0.05) is 12.6 Å². The number of rotatable bonds is 7. The fraction of sp³-hybridized carbons (Fsp3) is 0.611. The van der Waals surface area contributed by atoms with Gasteiger partial charge in [0.15, 0.2) is 15.9 Å². The SMILES string of the molecule is CCCCN(C(=O)C(C)Oc1ccc(C)cc1)C1CCS(=O)(=O)C1.